The van der Waals surface area contributed by atoms with E-state index in [-0.39, 0.29) is 0 Å². The van der Waals surface area contributed by atoms with Crippen molar-refractivity contribution >= 4 is 0 Å². The molecule has 18 heavy (non-hydrogen) atoms. The Bertz CT molecular complexity index is 555. The SMILES string of the molecule is Cc1cccc(-c2nc(CNC3CC3)co2)c1C. The summed E-state index contributed by atoms with van der Waals surface area (Å²) >= 11 is 0. The molecule has 0 radical (unpaired) electrons. The molecule has 1 aliphatic carbocycles. The molecule has 0 spiro atoms. The first-order valence-electron chi connectivity index (χ1n) is 6.48. The fourth-order valence-electron chi connectivity index (χ4n) is 2.03. The molecule has 1 fully saturated rings. The molecular weight excluding hydrogens is 224 g/mol. The van der Waals surface area contributed by atoms with E-state index in [4.69, 9.17) is 4.42 Å². The Kier molecular flexibility index (Phi) is 2.92. The van der Waals surface area contributed by atoms with Gasteiger partial charge in [0.05, 0.1) is 5.69 Å². The van der Waals surface area contributed by atoms with Crippen LogP contribution in [0, 0.1) is 13.8 Å². The average molecular weight is 242 g/mol. The maximum absolute atomic E-state index is 5.59. The van der Waals surface area contributed by atoms with Crippen LogP contribution >= 0.6 is 0 Å². The smallest absolute Gasteiger partial charge is 0.226 e. The lowest BCUT2D eigenvalue weighted by atomic mass is 10.0. The summed E-state index contributed by atoms with van der Waals surface area (Å²) in [6, 6.07) is 6.92. The summed E-state index contributed by atoms with van der Waals surface area (Å²) in [6.07, 6.45) is 4.34. The molecule has 1 aliphatic rings. The Labute approximate surface area is 107 Å². The summed E-state index contributed by atoms with van der Waals surface area (Å²) in [4.78, 5) is 4.55. The number of benzene rings is 1. The highest BCUT2D eigenvalue weighted by Gasteiger charge is 2.20. The summed E-state index contributed by atoms with van der Waals surface area (Å²) in [6.45, 7) is 5.02. The van der Waals surface area contributed by atoms with Crippen LogP contribution in [0.15, 0.2) is 28.9 Å². The molecule has 3 rings (SSSR count). The van der Waals surface area contributed by atoms with Gasteiger partial charge in [0.2, 0.25) is 5.89 Å². The summed E-state index contributed by atoms with van der Waals surface area (Å²) in [5, 5.41) is 3.44. The van der Waals surface area contributed by atoms with E-state index in [1.807, 2.05) is 6.07 Å². The summed E-state index contributed by atoms with van der Waals surface area (Å²) < 4.78 is 5.59. The van der Waals surface area contributed by atoms with Crippen LogP contribution in [-0.4, -0.2) is 11.0 Å². The number of aryl methyl sites for hydroxylation is 1. The molecule has 1 heterocycles. The maximum Gasteiger partial charge on any atom is 0.226 e. The molecule has 94 valence electrons. The van der Waals surface area contributed by atoms with Gasteiger partial charge in [0.15, 0.2) is 0 Å². The normalized spacial score (nSPS) is 15.0. The van der Waals surface area contributed by atoms with Gasteiger partial charge < -0.3 is 9.73 Å². The Balaban J connectivity index is 1.80. The van der Waals surface area contributed by atoms with Gasteiger partial charge in [0.1, 0.15) is 6.26 Å². The third-order valence-electron chi connectivity index (χ3n) is 3.54. The van der Waals surface area contributed by atoms with E-state index in [2.05, 4.69) is 36.3 Å². The van der Waals surface area contributed by atoms with Gasteiger partial charge in [-0.25, -0.2) is 4.98 Å². The van der Waals surface area contributed by atoms with Crippen LogP contribution in [-0.2, 0) is 6.54 Å². The first kappa shape index (κ1) is 11.5. The fourth-order valence-corrected chi connectivity index (χ4v) is 2.03. The van der Waals surface area contributed by atoms with Gasteiger partial charge in [0, 0.05) is 18.2 Å². The molecule has 0 amide bonds. The monoisotopic (exact) mass is 242 g/mol. The number of oxazole rings is 1. The minimum absolute atomic E-state index is 0.700. The molecule has 1 aromatic heterocycles. The molecule has 3 nitrogen and oxygen atoms in total. The summed E-state index contributed by atoms with van der Waals surface area (Å²) in [5.41, 5.74) is 4.58. The van der Waals surface area contributed by atoms with Crippen molar-refractivity contribution in [2.24, 2.45) is 0 Å². The van der Waals surface area contributed by atoms with Gasteiger partial charge in [-0.05, 0) is 43.9 Å². The van der Waals surface area contributed by atoms with E-state index >= 15 is 0 Å². The Morgan fingerprint density at radius 3 is 2.94 bits per heavy atom. The highest BCUT2D eigenvalue weighted by Crippen LogP contribution is 2.25. The van der Waals surface area contributed by atoms with Gasteiger partial charge in [-0.2, -0.15) is 0 Å². The Morgan fingerprint density at radius 2 is 2.17 bits per heavy atom. The predicted octanol–water partition coefficient (Wildman–Crippen LogP) is 3.21. The van der Waals surface area contributed by atoms with Gasteiger partial charge in [-0.15, -0.1) is 0 Å². The number of hydrogen-bond acceptors (Lipinski definition) is 3. The van der Waals surface area contributed by atoms with Crippen molar-refractivity contribution in [1.29, 1.82) is 0 Å². The molecule has 0 atom stereocenters. The quantitative estimate of drug-likeness (QED) is 0.894. The maximum atomic E-state index is 5.59. The zero-order valence-electron chi connectivity index (χ0n) is 10.9. The number of aromatic nitrogens is 1. The molecular formula is C15H18N2O. The van der Waals surface area contributed by atoms with E-state index in [1.54, 1.807) is 6.26 Å². The van der Waals surface area contributed by atoms with E-state index in [9.17, 15) is 0 Å². The van der Waals surface area contributed by atoms with Crippen LogP contribution < -0.4 is 5.32 Å². The van der Waals surface area contributed by atoms with Gasteiger partial charge in [-0.1, -0.05) is 12.1 Å². The van der Waals surface area contributed by atoms with E-state index in [0.29, 0.717) is 6.04 Å². The van der Waals surface area contributed by atoms with E-state index in [1.165, 1.54) is 24.0 Å². The average Bonchev–Trinajstić information content (AvgIpc) is 3.08. The van der Waals surface area contributed by atoms with Crippen molar-refractivity contribution in [1.82, 2.24) is 10.3 Å². The zero-order valence-corrected chi connectivity index (χ0v) is 10.9. The molecule has 0 bridgehead atoms. The van der Waals surface area contributed by atoms with Gasteiger partial charge >= 0.3 is 0 Å². The third kappa shape index (κ3) is 2.31. The van der Waals surface area contributed by atoms with Crippen LogP contribution in [0.25, 0.3) is 11.5 Å². The molecule has 3 heteroatoms. The van der Waals surface area contributed by atoms with Crippen LogP contribution in [0.1, 0.15) is 29.7 Å². The number of hydrogen-bond donors (Lipinski definition) is 1. The van der Waals surface area contributed by atoms with Gasteiger partial charge in [-0.3, -0.25) is 0 Å². The van der Waals surface area contributed by atoms with Crippen LogP contribution in [0.2, 0.25) is 0 Å². The molecule has 0 saturated heterocycles. The van der Waals surface area contributed by atoms with Crippen molar-refractivity contribution in [3.8, 4) is 11.5 Å². The first-order valence-corrected chi connectivity index (χ1v) is 6.48. The Morgan fingerprint density at radius 1 is 1.33 bits per heavy atom. The van der Waals surface area contributed by atoms with Crippen LogP contribution in [0.3, 0.4) is 0 Å². The molecule has 0 aliphatic heterocycles. The van der Waals surface area contributed by atoms with Crippen molar-refractivity contribution in [3.63, 3.8) is 0 Å². The molecule has 1 N–H and O–H groups in total. The highest BCUT2D eigenvalue weighted by atomic mass is 16.3. The fraction of sp³-hybridized carbons (Fsp3) is 0.400. The molecule has 0 unspecified atom stereocenters. The predicted molar refractivity (Wildman–Crippen MR) is 71.3 cm³/mol. The third-order valence-corrected chi connectivity index (χ3v) is 3.54. The number of rotatable bonds is 4. The minimum atomic E-state index is 0.700. The first-order chi connectivity index (χ1) is 8.74. The second kappa shape index (κ2) is 4.58. The molecule has 1 saturated carbocycles. The lowest BCUT2D eigenvalue weighted by molar-refractivity contribution is 0.569. The van der Waals surface area contributed by atoms with Crippen molar-refractivity contribution in [3.05, 3.63) is 41.3 Å². The van der Waals surface area contributed by atoms with Crippen molar-refractivity contribution in [2.45, 2.75) is 39.3 Å². The Hall–Kier alpha value is -1.61. The lowest BCUT2D eigenvalue weighted by Gasteiger charge is -2.04. The van der Waals surface area contributed by atoms with E-state index < -0.39 is 0 Å². The summed E-state index contributed by atoms with van der Waals surface area (Å²) in [5.74, 6) is 0.726. The highest BCUT2D eigenvalue weighted by molar-refractivity contribution is 5.60. The number of nitrogens with one attached hydrogen (secondary N) is 1. The molecule has 1 aromatic carbocycles. The topological polar surface area (TPSA) is 38.1 Å². The van der Waals surface area contributed by atoms with Crippen molar-refractivity contribution < 1.29 is 4.42 Å². The second-order valence-electron chi connectivity index (χ2n) is 5.05. The number of nitrogens with zero attached hydrogens (tertiary/aromatic N) is 1. The largest absolute Gasteiger partial charge is 0.444 e. The zero-order chi connectivity index (χ0) is 12.5. The standard InChI is InChI=1S/C15H18N2O/c1-10-4-3-5-14(11(10)2)15-17-13(9-18-15)8-16-12-6-7-12/h3-5,9,12,16H,6-8H2,1-2H3. The molecule has 2 aromatic rings. The van der Waals surface area contributed by atoms with Gasteiger partial charge in [0.25, 0.3) is 0 Å². The summed E-state index contributed by atoms with van der Waals surface area (Å²) in [7, 11) is 0. The van der Waals surface area contributed by atoms with Crippen LogP contribution in [0.4, 0.5) is 0 Å². The second-order valence-corrected chi connectivity index (χ2v) is 5.05. The van der Waals surface area contributed by atoms with Crippen molar-refractivity contribution in [2.75, 3.05) is 0 Å². The minimum Gasteiger partial charge on any atom is -0.444 e. The lowest BCUT2D eigenvalue weighted by Crippen LogP contribution is -2.15. The van der Waals surface area contributed by atoms with Crippen LogP contribution in [0.5, 0.6) is 0 Å². The van der Waals surface area contributed by atoms with E-state index in [0.717, 1.165) is 23.7 Å².